The molecule has 2 aromatic rings. The highest BCUT2D eigenvalue weighted by Gasteiger charge is 1.96. The van der Waals surface area contributed by atoms with Crippen molar-refractivity contribution >= 4 is 11.6 Å². The van der Waals surface area contributed by atoms with Gasteiger partial charge in [0.2, 0.25) is 0 Å². The maximum atomic E-state index is 5.60. The molecular weight excluding hydrogens is 240 g/mol. The highest BCUT2D eigenvalue weighted by molar-refractivity contribution is 5.44. The predicted molar refractivity (Wildman–Crippen MR) is 77.1 cm³/mol. The standard InChI is InChI=1S/C14H18N4O/c15-18-14-9-4-8-13(17-14)16-10-5-11-19-12-6-2-1-3-7-12/h1-4,6-9H,5,10-11,15H2,(H2,16,17,18). The molecule has 1 aromatic heterocycles. The highest BCUT2D eigenvalue weighted by Crippen LogP contribution is 2.09. The maximum absolute atomic E-state index is 5.60. The number of nitrogens with two attached hydrogens (primary N) is 1. The summed E-state index contributed by atoms with van der Waals surface area (Å²) in [6.45, 7) is 1.47. The molecule has 0 spiro atoms. The number of aromatic nitrogens is 1. The number of ether oxygens (including phenoxy) is 1. The number of nitrogens with zero attached hydrogens (tertiary/aromatic N) is 1. The summed E-state index contributed by atoms with van der Waals surface area (Å²) in [4.78, 5) is 4.26. The van der Waals surface area contributed by atoms with E-state index in [1.807, 2.05) is 48.5 Å². The zero-order valence-corrected chi connectivity index (χ0v) is 10.7. The first-order valence-corrected chi connectivity index (χ1v) is 6.24. The van der Waals surface area contributed by atoms with Gasteiger partial charge in [0, 0.05) is 6.54 Å². The van der Waals surface area contributed by atoms with E-state index in [2.05, 4.69) is 15.7 Å². The molecule has 0 aliphatic carbocycles. The third-order valence-corrected chi connectivity index (χ3v) is 2.54. The van der Waals surface area contributed by atoms with Crippen LogP contribution < -0.4 is 21.3 Å². The fourth-order valence-electron chi connectivity index (χ4n) is 1.61. The van der Waals surface area contributed by atoms with Crippen LogP contribution in [-0.2, 0) is 0 Å². The number of benzene rings is 1. The van der Waals surface area contributed by atoms with E-state index in [9.17, 15) is 0 Å². The largest absolute Gasteiger partial charge is 0.494 e. The number of pyridine rings is 1. The lowest BCUT2D eigenvalue weighted by Gasteiger charge is -2.08. The van der Waals surface area contributed by atoms with Crippen molar-refractivity contribution in [3.63, 3.8) is 0 Å². The second-order valence-corrected chi connectivity index (χ2v) is 3.99. The Morgan fingerprint density at radius 1 is 1.00 bits per heavy atom. The van der Waals surface area contributed by atoms with E-state index >= 15 is 0 Å². The van der Waals surface area contributed by atoms with Crippen LogP contribution in [0.4, 0.5) is 11.6 Å². The average Bonchev–Trinajstić information content (AvgIpc) is 2.48. The average molecular weight is 258 g/mol. The summed E-state index contributed by atoms with van der Waals surface area (Å²) >= 11 is 0. The van der Waals surface area contributed by atoms with Gasteiger partial charge in [0.25, 0.3) is 0 Å². The van der Waals surface area contributed by atoms with Crippen LogP contribution in [0.1, 0.15) is 6.42 Å². The lowest BCUT2D eigenvalue weighted by molar-refractivity contribution is 0.315. The van der Waals surface area contributed by atoms with Crippen LogP contribution in [0.5, 0.6) is 5.75 Å². The molecule has 5 heteroatoms. The van der Waals surface area contributed by atoms with E-state index in [-0.39, 0.29) is 0 Å². The molecule has 0 saturated carbocycles. The Hall–Kier alpha value is -2.27. The third-order valence-electron chi connectivity index (χ3n) is 2.54. The van der Waals surface area contributed by atoms with Crippen LogP contribution in [0.15, 0.2) is 48.5 Å². The lowest BCUT2D eigenvalue weighted by atomic mass is 10.3. The minimum absolute atomic E-state index is 0.644. The molecule has 0 aliphatic heterocycles. The van der Waals surface area contributed by atoms with Gasteiger partial charge in [-0.15, -0.1) is 0 Å². The van der Waals surface area contributed by atoms with Gasteiger partial charge in [-0.2, -0.15) is 0 Å². The molecule has 0 bridgehead atoms. The van der Waals surface area contributed by atoms with Crippen LogP contribution in [-0.4, -0.2) is 18.1 Å². The normalized spacial score (nSPS) is 9.95. The summed E-state index contributed by atoms with van der Waals surface area (Å²) in [5.41, 5.74) is 2.51. The Bertz CT molecular complexity index is 490. The second kappa shape index (κ2) is 7.23. The van der Waals surface area contributed by atoms with Gasteiger partial charge in [-0.3, -0.25) is 0 Å². The van der Waals surface area contributed by atoms with Crippen LogP contribution >= 0.6 is 0 Å². The lowest BCUT2D eigenvalue weighted by Crippen LogP contribution is -2.11. The second-order valence-electron chi connectivity index (χ2n) is 3.99. The molecule has 1 aromatic carbocycles. The Balaban J connectivity index is 1.66. The number of hydrogen-bond acceptors (Lipinski definition) is 5. The Morgan fingerprint density at radius 3 is 2.58 bits per heavy atom. The Morgan fingerprint density at radius 2 is 1.79 bits per heavy atom. The zero-order chi connectivity index (χ0) is 13.3. The van der Waals surface area contributed by atoms with Crippen molar-refractivity contribution in [3.05, 3.63) is 48.5 Å². The molecule has 2 rings (SSSR count). The van der Waals surface area contributed by atoms with E-state index in [0.717, 1.165) is 24.5 Å². The van der Waals surface area contributed by atoms with Crippen molar-refractivity contribution in [2.24, 2.45) is 5.84 Å². The molecule has 0 fully saturated rings. The molecular formula is C14H18N4O. The minimum Gasteiger partial charge on any atom is -0.494 e. The summed E-state index contributed by atoms with van der Waals surface area (Å²) < 4.78 is 5.60. The van der Waals surface area contributed by atoms with E-state index in [4.69, 9.17) is 10.6 Å². The fraction of sp³-hybridized carbons (Fsp3) is 0.214. The molecule has 0 unspecified atom stereocenters. The number of rotatable bonds is 7. The maximum Gasteiger partial charge on any atom is 0.142 e. The summed E-state index contributed by atoms with van der Waals surface area (Å²) in [6.07, 6.45) is 0.900. The van der Waals surface area contributed by atoms with E-state index in [0.29, 0.717) is 12.4 Å². The minimum atomic E-state index is 0.644. The molecule has 0 radical (unpaired) electrons. The number of para-hydroxylation sites is 1. The Labute approximate surface area is 112 Å². The summed E-state index contributed by atoms with van der Waals surface area (Å²) in [5, 5.41) is 3.22. The number of hydrogen-bond donors (Lipinski definition) is 3. The molecule has 0 saturated heterocycles. The predicted octanol–water partition coefficient (Wildman–Crippen LogP) is 2.25. The smallest absolute Gasteiger partial charge is 0.142 e. The van der Waals surface area contributed by atoms with Gasteiger partial charge >= 0.3 is 0 Å². The SMILES string of the molecule is NNc1cccc(NCCCOc2ccccc2)n1. The van der Waals surface area contributed by atoms with E-state index in [1.165, 1.54) is 0 Å². The highest BCUT2D eigenvalue weighted by atomic mass is 16.5. The monoisotopic (exact) mass is 258 g/mol. The quantitative estimate of drug-likeness (QED) is 0.403. The first kappa shape index (κ1) is 13.2. The van der Waals surface area contributed by atoms with Crippen molar-refractivity contribution in [1.82, 2.24) is 4.98 Å². The van der Waals surface area contributed by atoms with Crippen molar-refractivity contribution in [3.8, 4) is 5.75 Å². The zero-order valence-electron chi connectivity index (χ0n) is 10.7. The first-order chi connectivity index (χ1) is 9.38. The number of nitrogens with one attached hydrogen (secondary N) is 2. The number of hydrazine groups is 1. The molecule has 4 N–H and O–H groups in total. The van der Waals surface area contributed by atoms with Crippen molar-refractivity contribution < 1.29 is 4.74 Å². The molecule has 5 nitrogen and oxygen atoms in total. The molecule has 0 aliphatic rings. The van der Waals surface area contributed by atoms with Gasteiger partial charge in [-0.1, -0.05) is 24.3 Å². The fourth-order valence-corrected chi connectivity index (χ4v) is 1.61. The summed E-state index contributed by atoms with van der Waals surface area (Å²) in [7, 11) is 0. The van der Waals surface area contributed by atoms with Gasteiger partial charge in [0.1, 0.15) is 17.4 Å². The number of anilines is 2. The van der Waals surface area contributed by atoms with Gasteiger partial charge in [-0.25, -0.2) is 10.8 Å². The van der Waals surface area contributed by atoms with E-state index < -0.39 is 0 Å². The first-order valence-electron chi connectivity index (χ1n) is 6.24. The number of nitrogen functional groups attached to an aromatic ring is 1. The third kappa shape index (κ3) is 4.48. The van der Waals surface area contributed by atoms with Crippen LogP contribution in [0.25, 0.3) is 0 Å². The van der Waals surface area contributed by atoms with Gasteiger partial charge in [0.15, 0.2) is 0 Å². The summed E-state index contributed by atoms with van der Waals surface area (Å²) in [6, 6.07) is 15.4. The van der Waals surface area contributed by atoms with Crippen molar-refractivity contribution in [2.75, 3.05) is 23.9 Å². The molecule has 0 atom stereocenters. The topological polar surface area (TPSA) is 72.2 Å². The summed E-state index contributed by atoms with van der Waals surface area (Å²) in [5.74, 6) is 7.64. The van der Waals surface area contributed by atoms with Crippen LogP contribution in [0.3, 0.4) is 0 Å². The molecule has 19 heavy (non-hydrogen) atoms. The van der Waals surface area contributed by atoms with Crippen LogP contribution in [0, 0.1) is 0 Å². The van der Waals surface area contributed by atoms with Gasteiger partial charge in [-0.05, 0) is 30.7 Å². The molecule has 1 heterocycles. The van der Waals surface area contributed by atoms with Gasteiger partial charge in [0.05, 0.1) is 6.61 Å². The van der Waals surface area contributed by atoms with Crippen molar-refractivity contribution in [2.45, 2.75) is 6.42 Å². The van der Waals surface area contributed by atoms with Crippen LogP contribution in [0.2, 0.25) is 0 Å². The molecule has 100 valence electrons. The molecule has 0 amide bonds. The Kier molecular flexibility index (Phi) is 5.01. The van der Waals surface area contributed by atoms with Gasteiger partial charge < -0.3 is 15.5 Å². The van der Waals surface area contributed by atoms with Crippen molar-refractivity contribution in [1.29, 1.82) is 0 Å². The van der Waals surface area contributed by atoms with E-state index in [1.54, 1.807) is 0 Å².